The van der Waals surface area contributed by atoms with E-state index in [0.29, 0.717) is 42.7 Å². The predicted octanol–water partition coefficient (Wildman–Crippen LogP) is 1.80. The summed E-state index contributed by atoms with van der Waals surface area (Å²) in [5, 5.41) is 3.30. The van der Waals surface area contributed by atoms with E-state index < -0.39 is 5.92 Å². The van der Waals surface area contributed by atoms with Crippen molar-refractivity contribution in [2.75, 3.05) is 13.3 Å². The molecule has 2 aliphatic carbocycles. The molecule has 1 N–H and O–H groups in total. The van der Waals surface area contributed by atoms with Gasteiger partial charge >= 0.3 is 0 Å². The molecule has 1 saturated carbocycles. The largest absolute Gasteiger partial charge is 0.454 e. The van der Waals surface area contributed by atoms with Gasteiger partial charge in [0.05, 0.1) is 5.71 Å². The van der Waals surface area contributed by atoms with Gasteiger partial charge in [-0.2, -0.15) is 0 Å². The van der Waals surface area contributed by atoms with E-state index in [-0.39, 0.29) is 23.7 Å². The van der Waals surface area contributed by atoms with Crippen molar-refractivity contribution >= 4 is 34.9 Å². The number of carbonyl (C=O) groups excluding carboxylic acids is 2. The lowest BCUT2D eigenvalue weighted by Gasteiger charge is -2.30. The van der Waals surface area contributed by atoms with E-state index in [2.05, 4.69) is 10.3 Å². The Hall–Kier alpha value is -2.22. The number of nitrogens with zero attached hydrogens (tertiary/aromatic N) is 2. The maximum Gasteiger partial charge on any atom is 0.241 e. The summed E-state index contributed by atoms with van der Waals surface area (Å²) in [7, 11) is 0. The molecule has 26 heavy (non-hydrogen) atoms. The molecule has 2 heterocycles. The zero-order chi connectivity index (χ0) is 18.1. The molecule has 0 aromatic carbocycles. The number of hydrogen-bond donors (Lipinski definition) is 1. The van der Waals surface area contributed by atoms with E-state index in [1.165, 1.54) is 17.7 Å². The van der Waals surface area contributed by atoms with Crippen LogP contribution in [0.15, 0.2) is 28.7 Å². The molecular formula is C18H21N3O4S. The zero-order valence-electron chi connectivity index (χ0n) is 14.4. The lowest BCUT2D eigenvalue weighted by Crippen LogP contribution is -2.46. The molecule has 0 spiro atoms. The van der Waals surface area contributed by atoms with Crippen LogP contribution >= 0.6 is 12.2 Å². The number of allylic oxidation sites excluding steroid dienone is 1. The van der Waals surface area contributed by atoms with Crippen LogP contribution in [0.4, 0.5) is 0 Å². The first kappa shape index (κ1) is 17.2. The third kappa shape index (κ3) is 3.38. The van der Waals surface area contributed by atoms with Gasteiger partial charge < -0.3 is 14.8 Å². The highest BCUT2D eigenvalue weighted by Gasteiger charge is 2.38. The van der Waals surface area contributed by atoms with E-state index in [0.717, 1.165) is 12.8 Å². The number of nitrogens with one attached hydrogen (secondary N) is 1. The Bertz CT molecular complexity index is 737. The summed E-state index contributed by atoms with van der Waals surface area (Å²) in [6, 6.07) is 0.316. The number of carbonyl (C=O) groups is 2. The molecule has 4 aliphatic rings. The van der Waals surface area contributed by atoms with Crippen LogP contribution in [0.5, 0.6) is 0 Å². The van der Waals surface area contributed by atoms with Gasteiger partial charge in [0, 0.05) is 25.1 Å². The summed E-state index contributed by atoms with van der Waals surface area (Å²) in [6.45, 7) is 0.538. The van der Waals surface area contributed by atoms with Crippen molar-refractivity contribution in [1.82, 2.24) is 10.2 Å². The SMILES string of the molecule is O=C(CCCN1C(=O)C2C=C3OCOC3=CC2=NC1=S)NC1CCCC1. The van der Waals surface area contributed by atoms with Crippen LogP contribution in [0.2, 0.25) is 0 Å². The van der Waals surface area contributed by atoms with Crippen LogP contribution < -0.4 is 5.32 Å². The average molecular weight is 375 g/mol. The topological polar surface area (TPSA) is 80.2 Å². The maximum absolute atomic E-state index is 12.8. The van der Waals surface area contributed by atoms with Crippen LogP contribution in [-0.2, 0) is 19.1 Å². The third-order valence-corrected chi connectivity index (χ3v) is 5.39. The van der Waals surface area contributed by atoms with Crippen molar-refractivity contribution in [2.24, 2.45) is 10.9 Å². The maximum atomic E-state index is 12.8. The fourth-order valence-electron chi connectivity index (χ4n) is 3.71. The van der Waals surface area contributed by atoms with Crippen molar-refractivity contribution in [3.63, 3.8) is 0 Å². The minimum absolute atomic E-state index is 0.0420. The van der Waals surface area contributed by atoms with E-state index in [1.807, 2.05) is 0 Å². The van der Waals surface area contributed by atoms with Crippen LogP contribution in [0, 0.1) is 5.92 Å². The first-order valence-electron chi connectivity index (χ1n) is 9.04. The highest BCUT2D eigenvalue weighted by atomic mass is 32.1. The van der Waals surface area contributed by atoms with E-state index in [9.17, 15) is 9.59 Å². The Kier molecular flexibility index (Phi) is 4.76. The van der Waals surface area contributed by atoms with Gasteiger partial charge in [0.25, 0.3) is 0 Å². The number of fused-ring (bicyclic) bond motifs is 2. The van der Waals surface area contributed by atoms with Gasteiger partial charge in [-0.05, 0) is 37.6 Å². The molecule has 2 fully saturated rings. The number of hydrogen-bond acceptors (Lipinski definition) is 5. The lowest BCUT2D eigenvalue weighted by molar-refractivity contribution is -0.129. The molecule has 0 aromatic rings. The molecule has 138 valence electrons. The Balaban J connectivity index is 1.34. The Morgan fingerprint density at radius 2 is 2.08 bits per heavy atom. The molecule has 4 rings (SSSR count). The second-order valence-electron chi connectivity index (χ2n) is 6.89. The van der Waals surface area contributed by atoms with Gasteiger partial charge in [-0.3, -0.25) is 14.5 Å². The Morgan fingerprint density at radius 1 is 1.31 bits per heavy atom. The fraction of sp³-hybridized carbons (Fsp3) is 0.556. The normalized spacial score (nSPS) is 24.8. The molecule has 7 nitrogen and oxygen atoms in total. The standard InChI is InChI=1S/C18H21N3O4S/c22-16(19-11-4-1-2-5-11)6-3-7-21-17(23)12-8-14-15(25-10-24-14)9-13(12)20-18(21)26/h8-9,11-12H,1-7,10H2,(H,19,22). The van der Waals surface area contributed by atoms with Crippen LogP contribution in [0.1, 0.15) is 38.5 Å². The monoisotopic (exact) mass is 375 g/mol. The molecule has 1 saturated heterocycles. The molecule has 2 amide bonds. The summed E-state index contributed by atoms with van der Waals surface area (Å²) in [5.74, 6) is 0.572. The van der Waals surface area contributed by atoms with Crippen molar-refractivity contribution in [1.29, 1.82) is 0 Å². The van der Waals surface area contributed by atoms with Gasteiger partial charge in [0.15, 0.2) is 11.5 Å². The Morgan fingerprint density at radius 3 is 2.88 bits per heavy atom. The lowest BCUT2D eigenvalue weighted by atomic mass is 9.94. The van der Waals surface area contributed by atoms with Gasteiger partial charge in [-0.15, -0.1) is 0 Å². The minimum atomic E-state index is -0.505. The minimum Gasteiger partial charge on any atom is -0.454 e. The van der Waals surface area contributed by atoms with Gasteiger partial charge in [-0.25, -0.2) is 4.99 Å². The van der Waals surface area contributed by atoms with Crippen LogP contribution in [0.25, 0.3) is 0 Å². The summed E-state index contributed by atoms with van der Waals surface area (Å²) in [5.41, 5.74) is 0.583. The molecule has 0 radical (unpaired) electrons. The number of thiocarbonyl (C=S) groups is 1. The molecule has 2 aliphatic heterocycles. The molecule has 8 heteroatoms. The third-order valence-electron chi connectivity index (χ3n) is 5.08. The van der Waals surface area contributed by atoms with Crippen molar-refractivity contribution in [2.45, 2.75) is 44.6 Å². The van der Waals surface area contributed by atoms with Crippen molar-refractivity contribution < 1.29 is 19.1 Å². The van der Waals surface area contributed by atoms with Crippen molar-refractivity contribution in [3.8, 4) is 0 Å². The number of rotatable bonds is 5. The molecule has 1 atom stereocenters. The first-order chi connectivity index (χ1) is 12.6. The first-order valence-corrected chi connectivity index (χ1v) is 9.45. The zero-order valence-corrected chi connectivity index (χ0v) is 15.2. The highest BCUT2D eigenvalue weighted by molar-refractivity contribution is 7.80. The molecule has 1 unspecified atom stereocenters. The highest BCUT2D eigenvalue weighted by Crippen LogP contribution is 2.31. The number of amides is 2. The predicted molar refractivity (Wildman–Crippen MR) is 98.1 cm³/mol. The van der Waals surface area contributed by atoms with E-state index in [4.69, 9.17) is 21.7 Å². The average Bonchev–Trinajstić information content (AvgIpc) is 3.27. The van der Waals surface area contributed by atoms with Gasteiger partial charge in [-0.1, -0.05) is 12.8 Å². The number of ether oxygens (including phenoxy) is 2. The van der Waals surface area contributed by atoms with Gasteiger partial charge in [0.1, 0.15) is 5.92 Å². The second kappa shape index (κ2) is 7.19. The van der Waals surface area contributed by atoms with Gasteiger partial charge in [0.2, 0.25) is 23.7 Å². The van der Waals surface area contributed by atoms with Crippen LogP contribution in [0.3, 0.4) is 0 Å². The Labute approximate surface area is 157 Å². The smallest absolute Gasteiger partial charge is 0.241 e. The fourth-order valence-corrected chi connectivity index (χ4v) is 4.00. The van der Waals surface area contributed by atoms with E-state index in [1.54, 1.807) is 12.2 Å². The molecule has 0 aromatic heterocycles. The summed E-state index contributed by atoms with van der Waals surface area (Å²) in [4.78, 5) is 30.7. The summed E-state index contributed by atoms with van der Waals surface area (Å²) >= 11 is 5.28. The molecular weight excluding hydrogens is 354 g/mol. The molecule has 0 bridgehead atoms. The summed E-state index contributed by atoms with van der Waals surface area (Å²) in [6.07, 6.45) is 8.87. The number of aliphatic imine (C=N–C) groups is 1. The second-order valence-corrected chi connectivity index (χ2v) is 7.25. The summed E-state index contributed by atoms with van der Waals surface area (Å²) < 4.78 is 10.7. The van der Waals surface area contributed by atoms with Crippen molar-refractivity contribution in [3.05, 3.63) is 23.7 Å². The van der Waals surface area contributed by atoms with Crippen LogP contribution in [-0.4, -0.2) is 46.9 Å². The quantitative estimate of drug-likeness (QED) is 0.741. The van der Waals surface area contributed by atoms with E-state index >= 15 is 0 Å².